The third-order valence-electron chi connectivity index (χ3n) is 3.28. The van der Waals surface area contributed by atoms with E-state index in [1.54, 1.807) is 0 Å². The summed E-state index contributed by atoms with van der Waals surface area (Å²) >= 11 is 5.90. The predicted octanol–water partition coefficient (Wildman–Crippen LogP) is 0.759. The summed E-state index contributed by atoms with van der Waals surface area (Å²) in [7, 11) is -3.48. The van der Waals surface area contributed by atoms with Gasteiger partial charge in [0.25, 0.3) is 5.91 Å². The lowest BCUT2D eigenvalue weighted by atomic mass is 10.2. The second kappa shape index (κ2) is 7.29. The molecule has 0 unspecified atom stereocenters. The van der Waals surface area contributed by atoms with Gasteiger partial charge in [0.1, 0.15) is 0 Å². The molecule has 1 aliphatic rings. The van der Waals surface area contributed by atoms with E-state index in [2.05, 4.69) is 0 Å². The molecule has 1 fully saturated rings. The van der Waals surface area contributed by atoms with E-state index in [-0.39, 0.29) is 21.4 Å². The number of sulfone groups is 1. The van der Waals surface area contributed by atoms with E-state index in [0.717, 1.165) is 12.3 Å². The summed E-state index contributed by atoms with van der Waals surface area (Å²) < 4.78 is 33.1. The molecule has 9 heteroatoms. The number of amides is 1. The van der Waals surface area contributed by atoms with Crippen LogP contribution in [0.15, 0.2) is 23.1 Å². The number of halogens is 1. The van der Waals surface area contributed by atoms with E-state index in [1.165, 1.54) is 17.0 Å². The number of nitrogens with zero attached hydrogens (tertiary/aromatic N) is 1. The lowest BCUT2D eigenvalue weighted by Crippen LogP contribution is -2.42. The van der Waals surface area contributed by atoms with Gasteiger partial charge in [0.2, 0.25) is 0 Å². The van der Waals surface area contributed by atoms with Crippen molar-refractivity contribution in [2.45, 2.75) is 4.90 Å². The molecule has 0 bridgehead atoms. The maximum atomic E-state index is 12.0. The molecular formula is C14H16ClNO6S. The van der Waals surface area contributed by atoms with Crippen molar-refractivity contribution in [2.75, 3.05) is 39.2 Å². The van der Waals surface area contributed by atoms with Crippen molar-refractivity contribution in [1.82, 2.24) is 4.90 Å². The van der Waals surface area contributed by atoms with Crippen molar-refractivity contribution in [1.29, 1.82) is 0 Å². The first-order chi connectivity index (χ1) is 10.8. The highest BCUT2D eigenvalue weighted by Crippen LogP contribution is 2.21. The van der Waals surface area contributed by atoms with Crippen LogP contribution in [0.5, 0.6) is 0 Å². The zero-order valence-electron chi connectivity index (χ0n) is 12.5. The van der Waals surface area contributed by atoms with E-state index in [4.69, 9.17) is 21.1 Å². The molecule has 0 saturated carbocycles. The maximum absolute atomic E-state index is 12.0. The zero-order valence-corrected chi connectivity index (χ0v) is 14.0. The van der Waals surface area contributed by atoms with Crippen LogP contribution in [0.25, 0.3) is 0 Å². The zero-order chi connectivity index (χ0) is 17.0. The smallest absolute Gasteiger partial charge is 0.340 e. The summed E-state index contributed by atoms with van der Waals surface area (Å²) in [6.07, 6.45) is 1.02. The van der Waals surface area contributed by atoms with Crippen LogP contribution in [0, 0.1) is 0 Å². The Bertz CT molecular complexity index is 712. The first kappa shape index (κ1) is 17.7. The second-order valence-corrected chi connectivity index (χ2v) is 7.41. The minimum absolute atomic E-state index is 0.0478. The van der Waals surface area contributed by atoms with E-state index < -0.39 is 22.4 Å². The molecule has 0 N–H and O–H groups in total. The number of benzene rings is 1. The number of carbonyl (C=O) groups excluding carboxylic acids is 2. The fourth-order valence-electron chi connectivity index (χ4n) is 2.00. The summed E-state index contributed by atoms with van der Waals surface area (Å²) in [5.74, 6) is -1.18. The van der Waals surface area contributed by atoms with Crippen molar-refractivity contribution in [2.24, 2.45) is 0 Å². The van der Waals surface area contributed by atoms with Gasteiger partial charge in [-0.15, -0.1) is 0 Å². The summed E-state index contributed by atoms with van der Waals surface area (Å²) in [6.45, 7) is 1.35. The molecule has 0 spiro atoms. The quantitative estimate of drug-likeness (QED) is 0.735. The Morgan fingerprint density at radius 2 is 1.96 bits per heavy atom. The maximum Gasteiger partial charge on any atom is 0.340 e. The normalized spacial score (nSPS) is 15.3. The molecule has 1 aromatic carbocycles. The van der Waals surface area contributed by atoms with E-state index >= 15 is 0 Å². The number of esters is 1. The lowest BCUT2D eigenvalue weighted by Gasteiger charge is -2.26. The molecule has 0 atom stereocenters. The van der Waals surface area contributed by atoms with Crippen LogP contribution in [0.4, 0.5) is 0 Å². The second-order valence-electron chi connectivity index (χ2n) is 4.98. The number of hydrogen-bond acceptors (Lipinski definition) is 6. The fraction of sp³-hybridized carbons (Fsp3) is 0.429. The Kier molecular flexibility index (Phi) is 5.61. The minimum atomic E-state index is -3.48. The standard InChI is InChI=1S/C14H16ClNO6S/c1-23(19,20)10-2-3-12(15)11(8-10)14(18)22-9-13(17)16-4-6-21-7-5-16/h2-3,8H,4-7,9H2,1H3. The first-order valence-electron chi connectivity index (χ1n) is 6.81. The van der Waals surface area contributed by atoms with Gasteiger partial charge in [-0.05, 0) is 18.2 Å². The monoisotopic (exact) mass is 361 g/mol. The van der Waals surface area contributed by atoms with Gasteiger partial charge in [0.05, 0.1) is 28.7 Å². The minimum Gasteiger partial charge on any atom is -0.452 e. The lowest BCUT2D eigenvalue weighted by molar-refractivity contribution is -0.138. The molecule has 1 aromatic rings. The number of hydrogen-bond donors (Lipinski definition) is 0. The van der Waals surface area contributed by atoms with Crippen LogP contribution in [-0.4, -0.2) is 64.4 Å². The molecule has 7 nitrogen and oxygen atoms in total. The average molecular weight is 362 g/mol. The third kappa shape index (κ3) is 4.66. The molecule has 0 aromatic heterocycles. The largest absolute Gasteiger partial charge is 0.452 e. The van der Waals surface area contributed by atoms with Gasteiger partial charge in [0, 0.05) is 19.3 Å². The van der Waals surface area contributed by atoms with Gasteiger partial charge in [-0.2, -0.15) is 0 Å². The van der Waals surface area contributed by atoms with Crippen molar-refractivity contribution in [3.05, 3.63) is 28.8 Å². The number of ether oxygens (including phenoxy) is 2. The Hall–Kier alpha value is -1.64. The van der Waals surface area contributed by atoms with Gasteiger partial charge in [-0.25, -0.2) is 13.2 Å². The van der Waals surface area contributed by atoms with Gasteiger partial charge < -0.3 is 14.4 Å². The molecule has 126 valence electrons. The first-order valence-corrected chi connectivity index (χ1v) is 9.08. The Balaban J connectivity index is 2.04. The number of rotatable bonds is 4. The molecule has 1 amide bonds. The summed E-state index contributed by atoms with van der Waals surface area (Å²) in [5, 5.41) is 0.0567. The molecule has 23 heavy (non-hydrogen) atoms. The number of morpholine rings is 1. The van der Waals surface area contributed by atoms with Gasteiger partial charge in [-0.1, -0.05) is 11.6 Å². The van der Waals surface area contributed by atoms with Crippen LogP contribution in [0.1, 0.15) is 10.4 Å². The van der Waals surface area contributed by atoms with E-state index in [1.807, 2.05) is 0 Å². The van der Waals surface area contributed by atoms with Crippen molar-refractivity contribution >= 4 is 33.3 Å². The Morgan fingerprint density at radius 1 is 1.30 bits per heavy atom. The van der Waals surface area contributed by atoms with Crippen LogP contribution < -0.4 is 0 Å². The van der Waals surface area contributed by atoms with Gasteiger partial charge in [-0.3, -0.25) is 4.79 Å². The molecule has 1 aliphatic heterocycles. The molecule has 0 radical (unpaired) electrons. The summed E-state index contributed by atoms with van der Waals surface area (Å²) in [4.78, 5) is 25.4. The van der Waals surface area contributed by atoms with Crippen LogP contribution >= 0.6 is 11.6 Å². The topological polar surface area (TPSA) is 90.0 Å². The number of carbonyl (C=O) groups is 2. The van der Waals surface area contributed by atoms with E-state index in [0.29, 0.717) is 26.3 Å². The highest BCUT2D eigenvalue weighted by atomic mass is 35.5. The highest BCUT2D eigenvalue weighted by molar-refractivity contribution is 7.90. The fourth-order valence-corrected chi connectivity index (χ4v) is 2.84. The SMILES string of the molecule is CS(=O)(=O)c1ccc(Cl)c(C(=O)OCC(=O)N2CCOCC2)c1. The van der Waals surface area contributed by atoms with Crippen molar-refractivity contribution < 1.29 is 27.5 Å². The third-order valence-corrected chi connectivity index (χ3v) is 4.72. The predicted molar refractivity (Wildman–Crippen MR) is 82.2 cm³/mol. The average Bonchev–Trinajstić information content (AvgIpc) is 2.52. The van der Waals surface area contributed by atoms with E-state index in [9.17, 15) is 18.0 Å². The molecule has 2 rings (SSSR count). The molecule has 1 saturated heterocycles. The molecule has 1 heterocycles. The van der Waals surface area contributed by atoms with Crippen molar-refractivity contribution in [3.8, 4) is 0 Å². The molecular weight excluding hydrogens is 346 g/mol. The van der Waals surface area contributed by atoms with Crippen LogP contribution in [0.2, 0.25) is 5.02 Å². The Morgan fingerprint density at radius 3 is 2.57 bits per heavy atom. The summed E-state index contributed by atoms with van der Waals surface area (Å²) in [6, 6.07) is 3.74. The highest BCUT2D eigenvalue weighted by Gasteiger charge is 2.21. The molecule has 0 aliphatic carbocycles. The van der Waals surface area contributed by atoms with Crippen LogP contribution in [-0.2, 0) is 24.1 Å². The Labute approximate surface area is 139 Å². The summed E-state index contributed by atoms with van der Waals surface area (Å²) in [5.41, 5.74) is -0.0932. The van der Waals surface area contributed by atoms with Gasteiger partial charge in [0.15, 0.2) is 16.4 Å². The van der Waals surface area contributed by atoms with Gasteiger partial charge >= 0.3 is 5.97 Å². The van der Waals surface area contributed by atoms with Crippen LogP contribution in [0.3, 0.4) is 0 Å². The van der Waals surface area contributed by atoms with Crippen molar-refractivity contribution in [3.63, 3.8) is 0 Å².